The molecular weight excluding hydrogens is 360 g/mol. The summed E-state index contributed by atoms with van der Waals surface area (Å²) in [6.07, 6.45) is 0.196. The first-order valence-electron chi connectivity index (χ1n) is 8.80. The normalized spacial score (nSPS) is 15.5. The minimum Gasteiger partial charge on any atom is -0.340 e. The smallest absolute Gasteiger partial charge is 0.254 e. The number of para-hydroxylation sites is 1. The Bertz CT molecular complexity index is 941. The van der Waals surface area contributed by atoms with Crippen LogP contribution >= 0.6 is 0 Å². The van der Waals surface area contributed by atoms with Crippen LogP contribution in [0.5, 0.6) is 0 Å². The van der Waals surface area contributed by atoms with Crippen molar-refractivity contribution >= 4 is 40.7 Å². The van der Waals surface area contributed by atoms with Crippen LogP contribution in [0, 0.1) is 0 Å². The van der Waals surface area contributed by atoms with Gasteiger partial charge in [-0.15, -0.1) is 0 Å². The molecule has 0 aliphatic carbocycles. The average molecular weight is 380 g/mol. The Morgan fingerprint density at radius 3 is 2.46 bits per heavy atom. The second kappa shape index (κ2) is 8.34. The van der Waals surface area contributed by atoms with E-state index >= 15 is 0 Å². The van der Waals surface area contributed by atoms with E-state index in [1.54, 1.807) is 48.5 Å². The molecule has 8 heteroatoms. The minimum atomic E-state index is -0.809. The van der Waals surface area contributed by atoms with Gasteiger partial charge in [0.2, 0.25) is 17.7 Å². The molecule has 0 unspecified atom stereocenters. The topological polar surface area (TPSA) is 116 Å². The number of hydrogen-bond acceptors (Lipinski definition) is 4. The number of rotatable bonds is 5. The van der Waals surface area contributed by atoms with Gasteiger partial charge in [-0.1, -0.05) is 18.2 Å². The third-order valence-corrected chi connectivity index (χ3v) is 4.18. The van der Waals surface area contributed by atoms with E-state index in [-0.39, 0.29) is 36.5 Å². The van der Waals surface area contributed by atoms with Crippen LogP contribution in [0.3, 0.4) is 0 Å². The molecule has 0 bridgehead atoms. The molecule has 2 aromatic carbocycles. The van der Waals surface area contributed by atoms with E-state index in [1.807, 2.05) is 0 Å². The third-order valence-electron chi connectivity index (χ3n) is 4.18. The highest BCUT2D eigenvalue weighted by atomic mass is 16.2. The van der Waals surface area contributed by atoms with Gasteiger partial charge in [-0.2, -0.15) is 0 Å². The van der Waals surface area contributed by atoms with Crippen LogP contribution in [-0.4, -0.2) is 29.7 Å². The standard InChI is InChI=1S/C20H20N4O4/c1-12(25)21-13-5-4-6-14(11-13)22-18(26)10-9-17-20(28)23-16-8-3-2-7-15(16)19(27)24-17/h2-8,11,17H,9-10H2,1H3,(H,21,25)(H,22,26)(H,23,28)(H,24,27)/t17-/m0/s1. The summed E-state index contributed by atoms with van der Waals surface area (Å²) in [4.78, 5) is 48.0. The first-order valence-corrected chi connectivity index (χ1v) is 8.80. The van der Waals surface area contributed by atoms with Crippen LogP contribution in [0.1, 0.15) is 30.1 Å². The molecule has 0 radical (unpaired) electrons. The van der Waals surface area contributed by atoms with Crippen molar-refractivity contribution in [1.82, 2.24) is 5.32 Å². The molecule has 0 fully saturated rings. The number of anilines is 3. The molecule has 1 aliphatic rings. The number of nitrogens with one attached hydrogen (secondary N) is 4. The molecular formula is C20H20N4O4. The van der Waals surface area contributed by atoms with Crippen LogP contribution in [0.15, 0.2) is 48.5 Å². The van der Waals surface area contributed by atoms with Crippen molar-refractivity contribution < 1.29 is 19.2 Å². The van der Waals surface area contributed by atoms with Crippen molar-refractivity contribution in [1.29, 1.82) is 0 Å². The molecule has 28 heavy (non-hydrogen) atoms. The molecule has 144 valence electrons. The maximum atomic E-state index is 12.3. The Labute approximate surface area is 161 Å². The fourth-order valence-corrected chi connectivity index (χ4v) is 2.89. The lowest BCUT2D eigenvalue weighted by Crippen LogP contribution is -2.41. The number of amides is 4. The lowest BCUT2D eigenvalue weighted by Gasteiger charge is -2.14. The molecule has 8 nitrogen and oxygen atoms in total. The molecule has 4 N–H and O–H groups in total. The van der Waals surface area contributed by atoms with E-state index in [9.17, 15) is 19.2 Å². The van der Waals surface area contributed by atoms with Gasteiger partial charge in [0.05, 0.1) is 11.3 Å². The van der Waals surface area contributed by atoms with Crippen molar-refractivity contribution in [2.45, 2.75) is 25.8 Å². The highest BCUT2D eigenvalue weighted by molar-refractivity contribution is 6.10. The molecule has 0 saturated heterocycles. The molecule has 1 atom stereocenters. The molecule has 1 heterocycles. The Kier molecular flexibility index (Phi) is 5.69. The second-order valence-electron chi connectivity index (χ2n) is 6.41. The predicted octanol–water partition coefficient (Wildman–Crippen LogP) is 2.11. The molecule has 3 rings (SSSR count). The van der Waals surface area contributed by atoms with Crippen LogP contribution in [-0.2, 0) is 14.4 Å². The van der Waals surface area contributed by atoms with Gasteiger partial charge < -0.3 is 21.3 Å². The maximum Gasteiger partial charge on any atom is 0.254 e. The Balaban J connectivity index is 1.58. The zero-order valence-corrected chi connectivity index (χ0v) is 15.2. The monoisotopic (exact) mass is 380 g/mol. The molecule has 0 spiro atoms. The van der Waals surface area contributed by atoms with E-state index in [0.717, 1.165) is 0 Å². The number of carbonyl (C=O) groups is 4. The van der Waals surface area contributed by atoms with Crippen molar-refractivity contribution in [3.8, 4) is 0 Å². The second-order valence-corrected chi connectivity index (χ2v) is 6.41. The quantitative estimate of drug-likeness (QED) is 0.636. The van der Waals surface area contributed by atoms with Gasteiger partial charge in [-0.25, -0.2) is 0 Å². The van der Waals surface area contributed by atoms with Gasteiger partial charge in [-0.3, -0.25) is 19.2 Å². The lowest BCUT2D eigenvalue weighted by atomic mass is 10.1. The zero-order valence-electron chi connectivity index (χ0n) is 15.2. The average Bonchev–Trinajstić information content (AvgIpc) is 2.76. The minimum absolute atomic E-state index is 0.0408. The van der Waals surface area contributed by atoms with Crippen LogP contribution < -0.4 is 21.3 Å². The van der Waals surface area contributed by atoms with E-state index in [0.29, 0.717) is 22.6 Å². The number of carbonyl (C=O) groups excluding carboxylic acids is 4. The zero-order chi connectivity index (χ0) is 20.1. The molecule has 0 saturated carbocycles. The summed E-state index contributed by atoms with van der Waals surface area (Å²) in [5.74, 6) is -1.23. The summed E-state index contributed by atoms with van der Waals surface area (Å²) in [6.45, 7) is 1.40. The summed E-state index contributed by atoms with van der Waals surface area (Å²) in [7, 11) is 0. The summed E-state index contributed by atoms with van der Waals surface area (Å²) < 4.78 is 0. The third kappa shape index (κ3) is 4.73. The SMILES string of the molecule is CC(=O)Nc1cccc(NC(=O)CC[C@@H]2NC(=O)c3ccccc3NC2=O)c1. The van der Waals surface area contributed by atoms with Gasteiger partial charge in [0.1, 0.15) is 6.04 Å². The van der Waals surface area contributed by atoms with Crippen molar-refractivity contribution in [2.24, 2.45) is 0 Å². The summed E-state index contributed by atoms with van der Waals surface area (Å²) in [5, 5.41) is 10.7. The molecule has 2 aromatic rings. The van der Waals surface area contributed by atoms with Gasteiger partial charge in [-0.05, 0) is 36.8 Å². The molecule has 1 aliphatic heterocycles. The first-order chi connectivity index (χ1) is 13.4. The van der Waals surface area contributed by atoms with Crippen LogP contribution in [0.2, 0.25) is 0 Å². The Hall–Kier alpha value is -3.68. The Morgan fingerprint density at radius 1 is 1.00 bits per heavy atom. The van der Waals surface area contributed by atoms with Gasteiger partial charge in [0, 0.05) is 24.7 Å². The van der Waals surface area contributed by atoms with Crippen LogP contribution in [0.25, 0.3) is 0 Å². The summed E-state index contributed by atoms with van der Waals surface area (Å²) in [6, 6.07) is 12.7. The predicted molar refractivity (Wildman–Crippen MR) is 105 cm³/mol. The van der Waals surface area contributed by atoms with Gasteiger partial charge in [0.15, 0.2) is 0 Å². The molecule has 0 aromatic heterocycles. The van der Waals surface area contributed by atoms with E-state index in [1.165, 1.54) is 6.92 Å². The summed E-state index contributed by atoms with van der Waals surface area (Å²) >= 11 is 0. The lowest BCUT2D eigenvalue weighted by molar-refractivity contribution is -0.119. The fourth-order valence-electron chi connectivity index (χ4n) is 2.89. The Morgan fingerprint density at radius 2 is 1.71 bits per heavy atom. The maximum absolute atomic E-state index is 12.3. The van der Waals surface area contributed by atoms with Crippen molar-refractivity contribution in [2.75, 3.05) is 16.0 Å². The number of hydrogen-bond donors (Lipinski definition) is 4. The molecule has 4 amide bonds. The highest BCUT2D eigenvalue weighted by Gasteiger charge is 2.27. The summed E-state index contributed by atoms with van der Waals surface area (Å²) in [5.41, 5.74) is 1.93. The van der Waals surface area contributed by atoms with E-state index < -0.39 is 6.04 Å². The van der Waals surface area contributed by atoms with E-state index in [2.05, 4.69) is 21.3 Å². The van der Waals surface area contributed by atoms with Gasteiger partial charge in [0.25, 0.3) is 5.91 Å². The van der Waals surface area contributed by atoms with E-state index in [4.69, 9.17) is 0 Å². The fraction of sp³-hybridized carbons (Fsp3) is 0.200. The highest BCUT2D eigenvalue weighted by Crippen LogP contribution is 2.20. The number of fused-ring (bicyclic) bond motifs is 1. The van der Waals surface area contributed by atoms with Crippen LogP contribution in [0.4, 0.5) is 17.1 Å². The van der Waals surface area contributed by atoms with Crippen molar-refractivity contribution in [3.63, 3.8) is 0 Å². The first kappa shape index (κ1) is 19.1. The number of benzene rings is 2. The van der Waals surface area contributed by atoms with Gasteiger partial charge >= 0.3 is 0 Å². The van der Waals surface area contributed by atoms with Crippen molar-refractivity contribution in [3.05, 3.63) is 54.1 Å². The largest absolute Gasteiger partial charge is 0.340 e.